The number of rotatable bonds is 5. The first-order valence-electron chi connectivity index (χ1n) is 10.2. The molecule has 1 N–H and O–H groups in total. The third-order valence-corrected chi connectivity index (χ3v) is 5.96. The smallest absolute Gasteiger partial charge is 0.225 e. The minimum atomic E-state index is 0.127. The van der Waals surface area contributed by atoms with Crippen LogP contribution in [0.3, 0.4) is 0 Å². The van der Waals surface area contributed by atoms with Crippen molar-refractivity contribution in [1.82, 2.24) is 10.2 Å². The second kappa shape index (κ2) is 9.20. The summed E-state index contributed by atoms with van der Waals surface area (Å²) in [6, 6.07) is 8.26. The van der Waals surface area contributed by atoms with E-state index in [1.54, 1.807) is 0 Å². The van der Waals surface area contributed by atoms with Gasteiger partial charge in [-0.25, -0.2) is 0 Å². The van der Waals surface area contributed by atoms with E-state index in [1.807, 2.05) is 0 Å². The number of likely N-dealkylation sites (tertiary alicyclic amines) is 1. The van der Waals surface area contributed by atoms with Crippen molar-refractivity contribution < 1.29 is 9.59 Å². The first-order chi connectivity index (χ1) is 12.6. The van der Waals surface area contributed by atoms with Gasteiger partial charge < -0.3 is 10.2 Å². The molecule has 0 unspecified atom stereocenters. The van der Waals surface area contributed by atoms with Gasteiger partial charge in [-0.1, -0.05) is 49.1 Å². The lowest BCUT2D eigenvalue weighted by molar-refractivity contribution is -0.138. The SMILES string of the molecule is Cc1ccc(CNC(=O)CC2CCN(C(=O)C3CCCCC3)CC2)cc1. The number of amides is 2. The highest BCUT2D eigenvalue weighted by Crippen LogP contribution is 2.28. The average molecular weight is 357 g/mol. The Bertz CT molecular complexity index is 597. The Hall–Kier alpha value is -1.84. The van der Waals surface area contributed by atoms with Gasteiger partial charge in [-0.05, 0) is 44.1 Å². The highest BCUT2D eigenvalue weighted by molar-refractivity contribution is 5.79. The topological polar surface area (TPSA) is 49.4 Å². The van der Waals surface area contributed by atoms with E-state index >= 15 is 0 Å². The molecule has 0 spiro atoms. The summed E-state index contributed by atoms with van der Waals surface area (Å²) < 4.78 is 0. The van der Waals surface area contributed by atoms with Crippen molar-refractivity contribution in [3.05, 3.63) is 35.4 Å². The van der Waals surface area contributed by atoms with E-state index < -0.39 is 0 Å². The van der Waals surface area contributed by atoms with Gasteiger partial charge >= 0.3 is 0 Å². The van der Waals surface area contributed by atoms with E-state index in [4.69, 9.17) is 0 Å². The molecule has 3 rings (SSSR count). The minimum absolute atomic E-state index is 0.127. The maximum Gasteiger partial charge on any atom is 0.225 e. The van der Waals surface area contributed by atoms with Crippen molar-refractivity contribution in [1.29, 1.82) is 0 Å². The zero-order valence-corrected chi connectivity index (χ0v) is 16.0. The van der Waals surface area contributed by atoms with Crippen LogP contribution in [-0.2, 0) is 16.1 Å². The summed E-state index contributed by atoms with van der Waals surface area (Å²) in [6.45, 7) is 4.31. The van der Waals surface area contributed by atoms with Crippen molar-refractivity contribution in [2.75, 3.05) is 13.1 Å². The lowest BCUT2D eigenvalue weighted by Crippen LogP contribution is -2.43. The minimum Gasteiger partial charge on any atom is -0.352 e. The van der Waals surface area contributed by atoms with Crippen LogP contribution < -0.4 is 5.32 Å². The van der Waals surface area contributed by atoms with E-state index in [0.29, 0.717) is 24.8 Å². The fourth-order valence-corrected chi connectivity index (χ4v) is 4.21. The molecule has 4 nitrogen and oxygen atoms in total. The van der Waals surface area contributed by atoms with Gasteiger partial charge in [0.05, 0.1) is 0 Å². The van der Waals surface area contributed by atoms with Crippen LogP contribution in [0.5, 0.6) is 0 Å². The molecule has 2 amide bonds. The molecular formula is C22H32N2O2. The highest BCUT2D eigenvalue weighted by Gasteiger charge is 2.29. The van der Waals surface area contributed by atoms with Gasteiger partial charge in [-0.2, -0.15) is 0 Å². The van der Waals surface area contributed by atoms with Gasteiger partial charge in [0.25, 0.3) is 0 Å². The average Bonchev–Trinajstić information content (AvgIpc) is 2.68. The molecule has 1 saturated heterocycles. The van der Waals surface area contributed by atoms with Gasteiger partial charge in [0.15, 0.2) is 0 Å². The fourth-order valence-electron chi connectivity index (χ4n) is 4.21. The van der Waals surface area contributed by atoms with Gasteiger partial charge in [0.2, 0.25) is 11.8 Å². The third kappa shape index (κ3) is 5.33. The van der Waals surface area contributed by atoms with Crippen LogP contribution in [0.2, 0.25) is 0 Å². The second-order valence-electron chi connectivity index (χ2n) is 8.07. The Morgan fingerprint density at radius 3 is 2.31 bits per heavy atom. The summed E-state index contributed by atoms with van der Waals surface area (Å²) in [6.07, 6.45) is 8.32. The molecule has 0 radical (unpaired) electrons. The van der Waals surface area contributed by atoms with Crippen molar-refractivity contribution in [2.45, 2.75) is 64.8 Å². The van der Waals surface area contributed by atoms with E-state index in [9.17, 15) is 9.59 Å². The van der Waals surface area contributed by atoms with Gasteiger partial charge in [0, 0.05) is 32.0 Å². The Labute approximate surface area is 157 Å². The maximum atomic E-state index is 12.6. The van der Waals surface area contributed by atoms with Crippen LogP contribution in [0.15, 0.2) is 24.3 Å². The molecule has 0 atom stereocenters. The summed E-state index contributed by atoms with van der Waals surface area (Å²) in [7, 11) is 0. The predicted molar refractivity (Wildman–Crippen MR) is 104 cm³/mol. The zero-order chi connectivity index (χ0) is 18.4. The molecule has 2 fully saturated rings. The third-order valence-electron chi connectivity index (χ3n) is 5.96. The Balaban J connectivity index is 1.37. The van der Waals surface area contributed by atoms with E-state index in [2.05, 4.69) is 41.4 Å². The second-order valence-corrected chi connectivity index (χ2v) is 8.07. The molecular weight excluding hydrogens is 324 g/mol. The maximum absolute atomic E-state index is 12.6. The van der Waals surface area contributed by atoms with Crippen LogP contribution in [-0.4, -0.2) is 29.8 Å². The number of piperidine rings is 1. The summed E-state index contributed by atoms with van der Waals surface area (Å²) in [5, 5.41) is 3.03. The van der Waals surface area contributed by atoms with Gasteiger partial charge in [-0.3, -0.25) is 9.59 Å². The molecule has 26 heavy (non-hydrogen) atoms. The largest absolute Gasteiger partial charge is 0.352 e. The first kappa shape index (κ1) is 18.9. The molecule has 4 heteroatoms. The molecule has 1 heterocycles. The normalized spacial score (nSPS) is 19.3. The molecule has 1 aliphatic heterocycles. The van der Waals surface area contributed by atoms with Crippen molar-refractivity contribution >= 4 is 11.8 Å². The van der Waals surface area contributed by atoms with Gasteiger partial charge in [-0.15, -0.1) is 0 Å². The number of carbonyl (C=O) groups excluding carboxylic acids is 2. The van der Waals surface area contributed by atoms with Crippen LogP contribution in [0, 0.1) is 18.8 Å². The van der Waals surface area contributed by atoms with Crippen LogP contribution in [0.1, 0.15) is 62.5 Å². The molecule has 2 aliphatic rings. The highest BCUT2D eigenvalue weighted by atomic mass is 16.2. The fraction of sp³-hybridized carbons (Fsp3) is 0.636. The lowest BCUT2D eigenvalue weighted by atomic mass is 9.87. The van der Waals surface area contributed by atoms with E-state index in [-0.39, 0.29) is 11.8 Å². The molecule has 1 aromatic carbocycles. The van der Waals surface area contributed by atoms with Crippen molar-refractivity contribution in [2.24, 2.45) is 11.8 Å². The van der Waals surface area contributed by atoms with Crippen molar-refractivity contribution in [3.63, 3.8) is 0 Å². The van der Waals surface area contributed by atoms with Crippen molar-refractivity contribution in [3.8, 4) is 0 Å². The quantitative estimate of drug-likeness (QED) is 0.872. The van der Waals surface area contributed by atoms with E-state index in [1.165, 1.54) is 24.8 Å². The van der Waals surface area contributed by atoms with Crippen LogP contribution >= 0.6 is 0 Å². The van der Waals surface area contributed by atoms with Crippen LogP contribution in [0.4, 0.5) is 0 Å². The Morgan fingerprint density at radius 2 is 1.65 bits per heavy atom. The van der Waals surface area contributed by atoms with E-state index in [0.717, 1.165) is 44.3 Å². The van der Waals surface area contributed by atoms with Gasteiger partial charge in [0.1, 0.15) is 0 Å². The summed E-state index contributed by atoms with van der Waals surface area (Å²) in [5.74, 6) is 1.16. The molecule has 1 aliphatic carbocycles. The number of carbonyl (C=O) groups is 2. The molecule has 0 aromatic heterocycles. The summed E-state index contributed by atoms with van der Waals surface area (Å²) in [5.41, 5.74) is 2.37. The number of nitrogens with one attached hydrogen (secondary N) is 1. The number of benzene rings is 1. The summed E-state index contributed by atoms with van der Waals surface area (Å²) in [4.78, 5) is 26.9. The number of hydrogen-bond donors (Lipinski definition) is 1. The molecule has 0 bridgehead atoms. The summed E-state index contributed by atoms with van der Waals surface area (Å²) >= 11 is 0. The first-order valence-corrected chi connectivity index (χ1v) is 10.2. The number of nitrogens with zero attached hydrogens (tertiary/aromatic N) is 1. The Morgan fingerprint density at radius 1 is 1.00 bits per heavy atom. The molecule has 142 valence electrons. The monoisotopic (exact) mass is 356 g/mol. The zero-order valence-electron chi connectivity index (χ0n) is 16.0. The predicted octanol–water partition coefficient (Wildman–Crippen LogP) is 3.82. The number of aryl methyl sites for hydroxylation is 1. The standard InChI is InChI=1S/C22H32N2O2/c1-17-7-9-19(10-8-17)16-23-21(25)15-18-11-13-24(14-12-18)22(26)20-5-3-2-4-6-20/h7-10,18,20H,2-6,11-16H2,1H3,(H,23,25). The van der Waals surface area contributed by atoms with Crippen LogP contribution in [0.25, 0.3) is 0 Å². The lowest BCUT2D eigenvalue weighted by Gasteiger charge is -2.35. The number of hydrogen-bond acceptors (Lipinski definition) is 2. The molecule has 1 aromatic rings. The molecule has 1 saturated carbocycles. The Kier molecular flexibility index (Phi) is 6.70.